The van der Waals surface area contributed by atoms with Gasteiger partial charge < -0.3 is 15.7 Å². The molecule has 0 aromatic heterocycles. The fourth-order valence-electron chi connectivity index (χ4n) is 4.45. The second-order valence-corrected chi connectivity index (χ2v) is 11.9. The molecule has 4 aromatic rings. The maximum absolute atomic E-state index is 14.3. The van der Waals surface area contributed by atoms with E-state index in [9.17, 15) is 28.4 Å². The number of nitrogens with zero attached hydrogens (tertiary/aromatic N) is 1. The molecule has 1 fully saturated rings. The monoisotopic (exact) mass is 687 g/mol. The lowest BCUT2D eigenvalue weighted by molar-refractivity contribution is -0.121. The number of rotatable bonds is 9. The van der Waals surface area contributed by atoms with Gasteiger partial charge in [0.1, 0.15) is 11.5 Å². The van der Waals surface area contributed by atoms with Crippen LogP contribution in [0.1, 0.15) is 32.7 Å². The molecule has 5 rings (SSSR count). The smallest absolute Gasteiger partial charge is 0.335 e. The lowest BCUT2D eigenvalue weighted by atomic mass is 10.1. The first kappa shape index (κ1) is 31.4. The zero-order valence-electron chi connectivity index (χ0n) is 23.2. The number of carbonyl (C=O) groups excluding carboxylic acids is 4. The van der Waals surface area contributed by atoms with Crippen LogP contribution < -0.4 is 15.5 Å². The van der Waals surface area contributed by atoms with Crippen LogP contribution in [0.25, 0.3) is 6.08 Å². The van der Waals surface area contributed by atoms with Crippen molar-refractivity contribution in [3.63, 3.8) is 0 Å². The highest BCUT2D eigenvalue weighted by atomic mass is 79.9. The molecule has 45 heavy (non-hydrogen) atoms. The predicted molar refractivity (Wildman–Crippen MR) is 171 cm³/mol. The van der Waals surface area contributed by atoms with Crippen molar-refractivity contribution in [2.75, 3.05) is 10.2 Å². The molecule has 1 unspecified atom stereocenters. The minimum absolute atomic E-state index is 0.0317. The van der Waals surface area contributed by atoms with Gasteiger partial charge in [-0.25, -0.2) is 14.1 Å². The van der Waals surface area contributed by atoms with Crippen molar-refractivity contribution in [3.8, 4) is 0 Å². The molecule has 1 aliphatic rings. The zero-order chi connectivity index (χ0) is 32.1. The molecule has 226 valence electrons. The van der Waals surface area contributed by atoms with Gasteiger partial charge in [0.05, 0.1) is 22.1 Å². The maximum Gasteiger partial charge on any atom is 0.335 e. The number of thioether (sulfide) groups is 1. The first-order chi connectivity index (χ1) is 21.6. The Kier molecular flexibility index (Phi) is 9.55. The van der Waals surface area contributed by atoms with Crippen LogP contribution in [0, 0.1) is 5.82 Å². The van der Waals surface area contributed by atoms with Crippen molar-refractivity contribution in [3.05, 3.63) is 130 Å². The summed E-state index contributed by atoms with van der Waals surface area (Å²) in [6, 6.07) is 24.5. The van der Waals surface area contributed by atoms with Gasteiger partial charge in [0.25, 0.3) is 11.8 Å². The van der Waals surface area contributed by atoms with Gasteiger partial charge >= 0.3 is 5.97 Å². The number of aromatic carboxylic acids is 1. The van der Waals surface area contributed by atoms with E-state index in [1.54, 1.807) is 48.5 Å². The van der Waals surface area contributed by atoms with Crippen LogP contribution in [0.2, 0.25) is 0 Å². The molecule has 1 saturated heterocycles. The number of hydrogen-bond donors (Lipinski definition) is 3. The Labute approximate surface area is 269 Å². The number of hydrogen-bond acceptors (Lipinski definition) is 6. The summed E-state index contributed by atoms with van der Waals surface area (Å²) in [4.78, 5) is 64.9. The van der Waals surface area contributed by atoms with E-state index >= 15 is 0 Å². The summed E-state index contributed by atoms with van der Waals surface area (Å²) in [5, 5.41) is 13.6. The van der Waals surface area contributed by atoms with Crippen LogP contribution in [0.15, 0.2) is 112 Å². The van der Waals surface area contributed by atoms with Crippen molar-refractivity contribution in [1.29, 1.82) is 0 Å². The Hall–Kier alpha value is -5.07. The molecule has 12 heteroatoms. The summed E-state index contributed by atoms with van der Waals surface area (Å²) in [7, 11) is 0. The standard InChI is InChI=1S/C33H23BrFN3O6S/c34-21-12-8-19(9-13-21)16-27(37-30(40)25-6-1-2-7-26(25)35)31(41)36-22-4-3-5-24(17-22)45-28-18-29(39)38(32(28)42)23-14-10-20(11-15-23)33(43)44/h1-17,28H,18H2,(H,36,41)(H,37,40)(H,43,44)/b27-16-. The van der Waals surface area contributed by atoms with Crippen LogP contribution in [0.5, 0.6) is 0 Å². The predicted octanol–water partition coefficient (Wildman–Crippen LogP) is 6.12. The molecule has 1 heterocycles. The fourth-order valence-corrected chi connectivity index (χ4v) is 5.83. The number of imide groups is 1. The number of carbonyl (C=O) groups is 5. The Morgan fingerprint density at radius 3 is 2.33 bits per heavy atom. The molecule has 4 aromatic carbocycles. The zero-order valence-corrected chi connectivity index (χ0v) is 25.6. The maximum atomic E-state index is 14.3. The number of amides is 4. The molecular formula is C33H23BrFN3O6S. The molecule has 1 atom stereocenters. The SMILES string of the molecule is O=C(Nc1cccc(SC2CC(=O)N(c3ccc(C(=O)O)cc3)C2=O)c1)/C(=C/c1ccc(Br)cc1)NC(=O)c1ccccc1F. The van der Waals surface area contributed by atoms with Crippen molar-refractivity contribution in [2.24, 2.45) is 0 Å². The van der Waals surface area contributed by atoms with E-state index in [0.29, 0.717) is 16.1 Å². The van der Waals surface area contributed by atoms with Crippen LogP contribution >= 0.6 is 27.7 Å². The third kappa shape index (κ3) is 7.54. The van der Waals surface area contributed by atoms with Crippen molar-refractivity contribution >= 4 is 74.7 Å². The van der Waals surface area contributed by atoms with Gasteiger partial charge in [0, 0.05) is 21.5 Å². The van der Waals surface area contributed by atoms with E-state index in [-0.39, 0.29) is 28.9 Å². The third-order valence-electron chi connectivity index (χ3n) is 6.64. The Morgan fingerprint density at radius 1 is 0.933 bits per heavy atom. The van der Waals surface area contributed by atoms with Crippen LogP contribution in [0.4, 0.5) is 15.8 Å². The highest BCUT2D eigenvalue weighted by Gasteiger charge is 2.40. The molecule has 0 spiro atoms. The summed E-state index contributed by atoms with van der Waals surface area (Å²) in [5.74, 6) is -4.20. The molecule has 4 amide bonds. The van der Waals surface area contributed by atoms with Gasteiger partial charge in [0.15, 0.2) is 0 Å². The molecule has 0 bridgehead atoms. The first-order valence-electron chi connectivity index (χ1n) is 13.4. The summed E-state index contributed by atoms with van der Waals surface area (Å²) >= 11 is 4.50. The summed E-state index contributed by atoms with van der Waals surface area (Å²) < 4.78 is 15.1. The first-order valence-corrected chi connectivity index (χ1v) is 15.1. The minimum atomic E-state index is -1.12. The molecule has 9 nitrogen and oxygen atoms in total. The largest absolute Gasteiger partial charge is 0.478 e. The van der Waals surface area contributed by atoms with Gasteiger partial charge in [-0.3, -0.25) is 19.2 Å². The molecule has 0 aliphatic carbocycles. The van der Waals surface area contributed by atoms with Crippen LogP contribution in [-0.4, -0.2) is 40.0 Å². The quantitative estimate of drug-likeness (QED) is 0.143. The van der Waals surface area contributed by atoms with E-state index in [2.05, 4.69) is 26.6 Å². The fraction of sp³-hybridized carbons (Fsp3) is 0.0606. The molecule has 0 radical (unpaired) electrons. The summed E-state index contributed by atoms with van der Waals surface area (Å²) in [5.41, 5.74) is 0.904. The molecule has 1 aliphatic heterocycles. The number of carboxylic acid groups (broad SMARTS) is 1. The average Bonchev–Trinajstić information content (AvgIpc) is 3.29. The third-order valence-corrected chi connectivity index (χ3v) is 8.35. The van der Waals surface area contributed by atoms with E-state index in [0.717, 1.165) is 27.2 Å². The minimum Gasteiger partial charge on any atom is -0.478 e. The second kappa shape index (κ2) is 13.7. The second-order valence-electron chi connectivity index (χ2n) is 9.76. The van der Waals surface area contributed by atoms with Crippen molar-refractivity contribution in [1.82, 2.24) is 5.32 Å². The van der Waals surface area contributed by atoms with E-state index in [4.69, 9.17) is 5.11 Å². The van der Waals surface area contributed by atoms with Gasteiger partial charge in [-0.1, -0.05) is 46.3 Å². The van der Waals surface area contributed by atoms with Gasteiger partial charge in [-0.2, -0.15) is 0 Å². The van der Waals surface area contributed by atoms with Crippen LogP contribution in [-0.2, 0) is 14.4 Å². The number of benzene rings is 4. The average molecular weight is 689 g/mol. The Bertz CT molecular complexity index is 1850. The Morgan fingerprint density at radius 2 is 1.64 bits per heavy atom. The number of halogens is 2. The number of anilines is 2. The summed E-state index contributed by atoms with van der Waals surface area (Å²) in [6.45, 7) is 0. The lowest BCUT2D eigenvalue weighted by Crippen LogP contribution is -2.31. The van der Waals surface area contributed by atoms with E-state index in [1.165, 1.54) is 48.5 Å². The van der Waals surface area contributed by atoms with Gasteiger partial charge in [0.2, 0.25) is 11.8 Å². The molecule has 3 N–H and O–H groups in total. The normalized spacial score (nSPS) is 14.8. The summed E-state index contributed by atoms with van der Waals surface area (Å²) in [6.07, 6.45) is 1.39. The Balaban J connectivity index is 1.32. The van der Waals surface area contributed by atoms with Crippen LogP contribution in [0.3, 0.4) is 0 Å². The molecular weight excluding hydrogens is 665 g/mol. The van der Waals surface area contributed by atoms with Crippen molar-refractivity contribution < 1.29 is 33.5 Å². The number of carboxylic acids is 1. The van der Waals surface area contributed by atoms with Gasteiger partial charge in [-0.05, 0) is 78.4 Å². The highest BCUT2D eigenvalue weighted by molar-refractivity contribution is 9.10. The van der Waals surface area contributed by atoms with Gasteiger partial charge in [-0.15, -0.1) is 11.8 Å². The highest BCUT2D eigenvalue weighted by Crippen LogP contribution is 2.35. The topological polar surface area (TPSA) is 133 Å². The van der Waals surface area contributed by atoms with Crippen molar-refractivity contribution in [2.45, 2.75) is 16.6 Å². The molecule has 0 saturated carbocycles. The number of nitrogens with one attached hydrogen (secondary N) is 2. The van der Waals surface area contributed by atoms with E-state index in [1.807, 2.05) is 0 Å². The van der Waals surface area contributed by atoms with E-state index < -0.39 is 40.7 Å². The lowest BCUT2D eigenvalue weighted by Gasteiger charge is -2.15.